The van der Waals surface area contributed by atoms with Crippen LogP contribution in [0.25, 0.3) is 0 Å². The highest BCUT2D eigenvalue weighted by molar-refractivity contribution is 6.39. The molecule has 1 unspecified atom stereocenters. The Bertz CT molecular complexity index is 655. The van der Waals surface area contributed by atoms with Crippen LogP contribution in [0.2, 0.25) is 0 Å². The van der Waals surface area contributed by atoms with E-state index in [9.17, 15) is 9.59 Å². The molecule has 22 heavy (non-hydrogen) atoms. The standard InChI is InChI=1S/C18H18N2O2/c21-17(19-15-10-5-2-6-11-15)18(22)20-13-7-12-16(20)14-8-3-1-4-9-14/h1-6,8-11,16H,7,12-13H2,(H,19,21). The molecule has 1 aliphatic heterocycles. The summed E-state index contributed by atoms with van der Waals surface area (Å²) in [5.74, 6) is -1.04. The van der Waals surface area contributed by atoms with E-state index in [4.69, 9.17) is 0 Å². The van der Waals surface area contributed by atoms with Gasteiger partial charge in [-0.2, -0.15) is 0 Å². The predicted octanol–water partition coefficient (Wildman–Crippen LogP) is 2.99. The van der Waals surface area contributed by atoms with Crippen LogP contribution in [0.3, 0.4) is 0 Å². The van der Waals surface area contributed by atoms with Gasteiger partial charge in [-0.15, -0.1) is 0 Å². The average Bonchev–Trinajstić information content (AvgIpc) is 3.05. The molecule has 0 aromatic heterocycles. The highest BCUT2D eigenvalue weighted by Gasteiger charge is 2.33. The highest BCUT2D eigenvalue weighted by atomic mass is 16.2. The van der Waals surface area contributed by atoms with Gasteiger partial charge in [-0.1, -0.05) is 48.5 Å². The third-order valence-electron chi connectivity index (χ3n) is 3.92. The van der Waals surface area contributed by atoms with Crippen molar-refractivity contribution in [1.29, 1.82) is 0 Å². The number of benzene rings is 2. The number of anilines is 1. The molecule has 3 rings (SSSR count). The number of hydrogen-bond donors (Lipinski definition) is 1. The van der Waals surface area contributed by atoms with Crippen molar-refractivity contribution in [2.45, 2.75) is 18.9 Å². The minimum absolute atomic E-state index is 0.00442. The van der Waals surface area contributed by atoms with Crippen molar-refractivity contribution < 1.29 is 9.59 Å². The number of rotatable bonds is 2. The molecular formula is C18H18N2O2. The van der Waals surface area contributed by atoms with Crippen molar-refractivity contribution in [2.24, 2.45) is 0 Å². The topological polar surface area (TPSA) is 49.4 Å². The molecule has 1 N–H and O–H groups in total. The predicted molar refractivity (Wildman–Crippen MR) is 85.2 cm³/mol. The quantitative estimate of drug-likeness (QED) is 0.866. The van der Waals surface area contributed by atoms with Gasteiger partial charge in [0.25, 0.3) is 0 Å². The SMILES string of the molecule is O=C(Nc1ccccc1)C(=O)N1CCCC1c1ccccc1. The molecule has 0 saturated carbocycles. The molecule has 4 nitrogen and oxygen atoms in total. The zero-order valence-corrected chi connectivity index (χ0v) is 12.2. The molecule has 1 fully saturated rings. The Balaban J connectivity index is 1.72. The number of para-hydroxylation sites is 1. The lowest BCUT2D eigenvalue weighted by Crippen LogP contribution is -2.39. The van der Waals surface area contributed by atoms with Crippen LogP contribution in [0.15, 0.2) is 60.7 Å². The summed E-state index contributed by atoms with van der Waals surface area (Å²) < 4.78 is 0. The second-order valence-corrected chi connectivity index (χ2v) is 5.39. The summed E-state index contributed by atoms with van der Waals surface area (Å²) in [6, 6.07) is 18.9. The Labute approximate surface area is 129 Å². The molecule has 2 amide bonds. The molecule has 2 aromatic rings. The van der Waals surface area contributed by atoms with Gasteiger partial charge in [-0.3, -0.25) is 9.59 Å². The largest absolute Gasteiger partial charge is 0.327 e. The first-order chi connectivity index (χ1) is 10.8. The number of carbonyl (C=O) groups excluding carboxylic acids is 2. The number of nitrogens with one attached hydrogen (secondary N) is 1. The molecule has 1 saturated heterocycles. The van der Waals surface area contributed by atoms with Crippen LogP contribution >= 0.6 is 0 Å². The molecule has 112 valence electrons. The van der Waals surface area contributed by atoms with Crippen LogP contribution in [0.4, 0.5) is 5.69 Å². The van der Waals surface area contributed by atoms with E-state index >= 15 is 0 Å². The van der Waals surface area contributed by atoms with Gasteiger partial charge in [-0.25, -0.2) is 0 Å². The monoisotopic (exact) mass is 294 g/mol. The summed E-state index contributed by atoms with van der Waals surface area (Å²) in [5, 5.41) is 2.66. The third kappa shape index (κ3) is 3.01. The summed E-state index contributed by atoms with van der Waals surface area (Å²) in [7, 11) is 0. The first kappa shape index (κ1) is 14.3. The van der Waals surface area contributed by atoms with Crippen LogP contribution < -0.4 is 5.32 Å². The fourth-order valence-electron chi connectivity index (χ4n) is 2.87. The van der Waals surface area contributed by atoms with Crippen molar-refractivity contribution in [3.05, 3.63) is 66.2 Å². The van der Waals surface area contributed by atoms with Crippen LogP contribution in [-0.4, -0.2) is 23.3 Å². The third-order valence-corrected chi connectivity index (χ3v) is 3.92. The van der Waals surface area contributed by atoms with Gasteiger partial charge in [0.1, 0.15) is 0 Å². The second-order valence-electron chi connectivity index (χ2n) is 5.39. The van der Waals surface area contributed by atoms with Gasteiger partial charge in [0.2, 0.25) is 0 Å². The second kappa shape index (κ2) is 6.43. The van der Waals surface area contributed by atoms with E-state index in [0.29, 0.717) is 12.2 Å². The first-order valence-electron chi connectivity index (χ1n) is 7.47. The Hall–Kier alpha value is -2.62. The lowest BCUT2D eigenvalue weighted by atomic mass is 10.0. The molecule has 2 aromatic carbocycles. The minimum atomic E-state index is -0.575. The molecular weight excluding hydrogens is 276 g/mol. The summed E-state index contributed by atoms with van der Waals surface area (Å²) in [4.78, 5) is 26.3. The van der Waals surface area contributed by atoms with Crippen LogP contribution in [-0.2, 0) is 9.59 Å². The van der Waals surface area contributed by atoms with E-state index in [1.165, 1.54) is 0 Å². The fraction of sp³-hybridized carbons (Fsp3) is 0.222. The van der Waals surface area contributed by atoms with E-state index in [1.54, 1.807) is 17.0 Å². The fourth-order valence-corrected chi connectivity index (χ4v) is 2.87. The average molecular weight is 294 g/mol. The maximum atomic E-state index is 12.4. The molecule has 0 aliphatic carbocycles. The normalized spacial score (nSPS) is 17.3. The maximum Gasteiger partial charge on any atom is 0.313 e. The van der Waals surface area contributed by atoms with Crippen molar-refractivity contribution in [1.82, 2.24) is 4.90 Å². The van der Waals surface area contributed by atoms with Gasteiger partial charge in [-0.05, 0) is 30.5 Å². The summed E-state index contributed by atoms with van der Waals surface area (Å²) >= 11 is 0. The van der Waals surface area contributed by atoms with Crippen molar-refractivity contribution in [3.63, 3.8) is 0 Å². The molecule has 4 heteroatoms. The zero-order valence-electron chi connectivity index (χ0n) is 12.2. The Morgan fingerprint density at radius 3 is 2.27 bits per heavy atom. The number of nitrogens with zero attached hydrogens (tertiary/aromatic N) is 1. The van der Waals surface area contributed by atoms with Gasteiger partial charge in [0.15, 0.2) is 0 Å². The van der Waals surface area contributed by atoms with Gasteiger partial charge in [0, 0.05) is 12.2 Å². The Kier molecular flexibility index (Phi) is 4.19. The highest BCUT2D eigenvalue weighted by Crippen LogP contribution is 2.31. The Morgan fingerprint density at radius 1 is 0.955 bits per heavy atom. The summed E-state index contributed by atoms with van der Waals surface area (Å²) in [6.45, 7) is 0.626. The lowest BCUT2D eigenvalue weighted by molar-refractivity contribution is -0.143. The molecule has 0 bridgehead atoms. The number of amides is 2. The van der Waals surface area contributed by atoms with Crippen molar-refractivity contribution in [2.75, 3.05) is 11.9 Å². The van der Waals surface area contributed by atoms with Crippen molar-refractivity contribution in [3.8, 4) is 0 Å². The Morgan fingerprint density at radius 2 is 1.59 bits per heavy atom. The number of likely N-dealkylation sites (tertiary alicyclic amines) is 1. The number of carbonyl (C=O) groups is 2. The molecule has 0 radical (unpaired) electrons. The summed E-state index contributed by atoms with van der Waals surface area (Å²) in [6.07, 6.45) is 1.82. The van der Waals surface area contributed by atoms with Crippen molar-refractivity contribution >= 4 is 17.5 Å². The van der Waals surface area contributed by atoms with E-state index in [0.717, 1.165) is 18.4 Å². The first-order valence-corrected chi connectivity index (χ1v) is 7.47. The van der Waals surface area contributed by atoms with Crippen LogP contribution in [0.1, 0.15) is 24.4 Å². The van der Waals surface area contributed by atoms with E-state index in [-0.39, 0.29) is 6.04 Å². The van der Waals surface area contributed by atoms with Gasteiger partial charge < -0.3 is 10.2 Å². The van der Waals surface area contributed by atoms with E-state index in [2.05, 4.69) is 5.32 Å². The lowest BCUT2D eigenvalue weighted by Gasteiger charge is -2.24. The van der Waals surface area contributed by atoms with Gasteiger partial charge >= 0.3 is 11.8 Å². The van der Waals surface area contributed by atoms with Crippen LogP contribution in [0, 0.1) is 0 Å². The molecule has 1 atom stereocenters. The molecule has 0 spiro atoms. The molecule has 1 aliphatic rings. The zero-order chi connectivity index (χ0) is 15.4. The van der Waals surface area contributed by atoms with E-state index in [1.807, 2.05) is 48.5 Å². The maximum absolute atomic E-state index is 12.4. The van der Waals surface area contributed by atoms with Crippen LogP contribution in [0.5, 0.6) is 0 Å². The minimum Gasteiger partial charge on any atom is -0.327 e. The smallest absolute Gasteiger partial charge is 0.313 e. The summed E-state index contributed by atoms with van der Waals surface area (Å²) in [5.41, 5.74) is 1.72. The molecule has 1 heterocycles. The van der Waals surface area contributed by atoms with Gasteiger partial charge in [0.05, 0.1) is 6.04 Å². The number of hydrogen-bond acceptors (Lipinski definition) is 2. The van der Waals surface area contributed by atoms with E-state index < -0.39 is 11.8 Å².